The second-order valence-electron chi connectivity index (χ2n) is 6.34. The maximum Gasteiger partial charge on any atom is 0.290 e. The van der Waals surface area contributed by atoms with Gasteiger partial charge in [0.1, 0.15) is 11.5 Å². The number of halogens is 1. The lowest BCUT2D eigenvalue weighted by Crippen LogP contribution is -2.50. The standard InChI is InChI=1S/C20H17FN2O2/c21-16-9-7-15(8-10-16)20(11-4-12-20)22-19(24)18-13-17(23-25-18)14-5-2-1-3-6-14/h1-3,5-10,13H,4,11-12H2,(H,22,24). The van der Waals surface area contributed by atoms with Gasteiger partial charge in [-0.3, -0.25) is 4.79 Å². The minimum atomic E-state index is -0.454. The van der Waals surface area contributed by atoms with Crippen molar-refractivity contribution in [3.63, 3.8) is 0 Å². The first-order valence-electron chi connectivity index (χ1n) is 8.27. The molecule has 1 fully saturated rings. The number of nitrogens with zero attached hydrogens (tertiary/aromatic N) is 1. The highest BCUT2D eigenvalue weighted by atomic mass is 19.1. The van der Waals surface area contributed by atoms with Crippen molar-refractivity contribution >= 4 is 5.91 Å². The largest absolute Gasteiger partial charge is 0.350 e. The van der Waals surface area contributed by atoms with Crippen LogP contribution in [0, 0.1) is 5.82 Å². The molecule has 25 heavy (non-hydrogen) atoms. The number of hydrogen-bond donors (Lipinski definition) is 1. The van der Waals surface area contributed by atoms with Crippen LogP contribution < -0.4 is 5.32 Å². The van der Waals surface area contributed by atoms with Crippen LogP contribution in [0.5, 0.6) is 0 Å². The average molecular weight is 336 g/mol. The molecule has 2 aromatic carbocycles. The maximum atomic E-state index is 13.2. The smallest absolute Gasteiger partial charge is 0.290 e. The molecule has 0 spiro atoms. The first-order valence-corrected chi connectivity index (χ1v) is 8.27. The summed E-state index contributed by atoms with van der Waals surface area (Å²) in [6.07, 6.45) is 2.66. The molecule has 1 N–H and O–H groups in total. The summed E-state index contributed by atoms with van der Waals surface area (Å²) in [7, 11) is 0. The van der Waals surface area contributed by atoms with Crippen molar-refractivity contribution in [1.82, 2.24) is 10.5 Å². The summed E-state index contributed by atoms with van der Waals surface area (Å²) in [4.78, 5) is 12.6. The van der Waals surface area contributed by atoms with Crippen LogP contribution in [0.15, 0.2) is 65.2 Å². The monoisotopic (exact) mass is 336 g/mol. The highest BCUT2D eigenvalue weighted by Crippen LogP contribution is 2.41. The van der Waals surface area contributed by atoms with E-state index in [0.29, 0.717) is 5.69 Å². The van der Waals surface area contributed by atoms with Gasteiger partial charge >= 0.3 is 0 Å². The van der Waals surface area contributed by atoms with Crippen LogP contribution >= 0.6 is 0 Å². The highest BCUT2D eigenvalue weighted by molar-refractivity contribution is 5.93. The molecule has 1 aliphatic rings. The molecule has 5 heteroatoms. The fourth-order valence-electron chi connectivity index (χ4n) is 3.19. The maximum absolute atomic E-state index is 13.2. The van der Waals surface area contributed by atoms with E-state index in [4.69, 9.17) is 4.52 Å². The summed E-state index contributed by atoms with van der Waals surface area (Å²) in [5, 5.41) is 7.03. The predicted octanol–water partition coefficient (Wildman–Crippen LogP) is 4.29. The molecule has 0 atom stereocenters. The van der Waals surface area contributed by atoms with Crippen molar-refractivity contribution in [3.8, 4) is 11.3 Å². The van der Waals surface area contributed by atoms with Crippen molar-refractivity contribution < 1.29 is 13.7 Å². The van der Waals surface area contributed by atoms with E-state index in [-0.39, 0.29) is 17.5 Å². The second-order valence-corrected chi connectivity index (χ2v) is 6.34. The van der Waals surface area contributed by atoms with Gasteiger partial charge in [-0.1, -0.05) is 47.6 Å². The molecule has 1 heterocycles. The Hall–Kier alpha value is -2.95. The Bertz CT molecular complexity index is 884. The summed E-state index contributed by atoms with van der Waals surface area (Å²) < 4.78 is 18.4. The summed E-state index contributed by atoms with van der Waals surface area (Å²) in [5.41, 5.74) is 1.97. The van der Waals surface area contributed by atoms with Gasteiger partial charge in [0, 0.05) is 11.6 Å². The molecule has 1 amide bonds. The summed E-state index contributed by atoms with van der Waals surface area (Å²) >= 11 is 0. The average Bonchev–Trinajstić information content (AvgIpc) is 3.10. The number of carbonyl (C=O) groups is 1. The van der Waals surface area contributed by atoms with E-state index in [1.54, 1.807) is 18.2 Å². The number of rotatable bonds is 4. The van der Waals surface area contributed by atoms with Crippen LogP contribution in [0.3, 0.4) is 0 Å². The van der Waals surface area contributed by atoms with Crippen molar-refractivity contribution in [2.24, 2.45) is 0 Å². The number of hydrogen-bond acceptors (Lipinski definition) is 3. The predicted molar refractivity (Wildman–Crippen MR) is 91.3 cm³/mol. The molecule has 126 valence electrons. The van der Waals surface area contributed by atoms with E-state index in [9.17, 15) is 9.18 Å². The van der Waals surface area contributed by atoms with Crippen LogP contribution in [-0.2, 0) is 5.54 Å². The zero-order chi connectivity index (χ0) is 17.3. The van der Waals surface area contributed by atoms with Crippen LogP contribution in [0.4, 0.5) is 4.39 Å². The Morgan fingerprint density at radius 3 is 2.44 bits per heavy atom. The molecule has 4 rings (SSSR count). The van der Waals surface area contributed by atoms with Crippen LogP contribution in [0.1, 0.15) is 35.4 Å². The van der Waals surface area contributed by atoms with Gasteiger partial charge in [-0.2, -0.15) is 0 Å². The lowest BCUT2D eigenvalue weighted by atomic mass is 9.71. The van der Waals surface area contributed by atoms with Crippen molar-refractivity contribution in [2.75, 3.05) is 0 Å². The zero-order valence-corrected chi connectivity index (χ0v) is 13.5. The molecular formula is C20H17FN2O2. The topological polar surface area (TPSA) is 55.1 Å². The number of aromatic nitrogens is 1. The highest BCUT2D eigenvalue weighted by Gasteiger charge is 2.40. The van der Waals surface area contributed by atoms with Gasteiger partial charge in [-0.05, 0) is 37.0 Å². The van der Waals surface area contributed by atoms with Gasteiger partial charge in [0.2, 0.25) is 5.76 Å². The quantitative estimate of drug-likeness (QED) is 0.773. The van der Waals surface area contributed by atoms with Gasteiger partial charge < -0.3 is 9.84 Å². The van der Waals surface area contributed by atoms with Gasteiger partial charge in [-0.15, -0.1) is 0 Å². The van der Waals surface area contributed by atoms with E-state index in [0.717, 1.165) is 30.4 Å². The third kappa shape index (κ3) is 2.93. The molecular weight excluding hydrogens is 319 g/mol. The third-order valence-electron chi connectivity index (χ3n) is 4.76. The first-order chi connectivity index (χ1) is 12.2. The molecule has 4 nitrogen and oxygen atoms in total. The summed E-state index contributed by atoms with van der Waals surface area (Å²) in [6.45, 7) is 0. The minimum absolute atomic E-state index is 0.173. The number of nitrogens with one attached hydrogen (secondary N) is 1. The lowest BCUT2D eigenvalue weighted by molar-refractivity contribution is 0.0785. The molecule has 1 aromatic heterocycles. The molecule has 3 aromatic rings. The van der Waals surface area contributed by atoms with Crippen molar-refractivity contribution in [2.45, 2.75) is 24.8 Å². The fourth-order valence-corrected chi connectivity index (χ4v) is 3.19. The number of amides is 1. The molecule has 1 aliphatic carbocycles. The van der Waals surface area contributed by atoms with E-state index in [2.05, 4.69) is 10.5 Å². The Labute approximate surface area is 144 Å². The second kappa shape index (κ2) is 6.16. The fraction of sp³-hybridized carbons (Fsp3) is 0.200. The van der Waals surface area contributed by atoms with Crippen LogP contribution in [-0.4, -0.2) is 11.1 Å². The molecule has 0 bridgehead atoms. The lowest BCUT2D eigenvalue weighted by Gasteiger charge is -2.42. The van der Waals surface area contributed by atoms with E-state index < -0.39 is 5.54 Å². The van der Waals surface area contributed by atoms with Gasteiger partial charge in [0.15, 0.2) is 0 Å². The Balaban J connectivity index is 1.55. The number of benzene rings is 2. The number of carbonyl (C=O) groups excluding carboxylic acids is 1. The first kappa shape index (κ1) is 15.6. The van der Waals surface area contributed by atoms with Crippen LogP contribution in [0.2, 0.25) is 0 Å². The Morgan fingerprint density at radius 2 is 1.80 bits per heavy atom. The van der Waals surface area contributed by atoms with Gasteiger partial charge in [0.05, 0.1) is 5.54 Å². The zero-order valence-electron chi connectivity index (χ0n) is 13.5. The Morgan fingerprint density at radius 1 is 1.08 bits per heavy atom. The van der Waals surface area contributed by atoms with Gasteiger partial charge in [-0.25, -0.2) is 4.39 Å². The van der Waals surface area contributed by atoms with Crippen LogP contribution in [0.25, 0.3) is 11.3 Å². The SMILES string of the molecule is O=C(NC1(c2ccc(F)cc2)CCC1)c1cc(-c2ccccc2)no1. The summed E-state index contributed by atoms with van der Waals surface area (Å²) in [6, 6.07) is 17.5. The minimum Gasteiger partial charge on any atom is -0.350 e. The molecule has 0 unspecified atom stereocenters. The molecule has 0 saturated heterocycles. The van der Waals surface area contributed by atoms with E-state index >= 15 is 0 Å². The summed E-state index contributed by atoms with van der Waals surface area (Å²) in [5.74, 6) is -0.418. The molecule has 1 saturated carbocycles. The molecule has 0 radical (unpaired) electrons. The third-order valence-corrected chi connectivity index (χ3v) is 4.76. The van der Waals surface area contributed by atoms with E-state index in [1.165, 1.54) is 12.1 Å². The van der Waals surface area contributed by atoms with Crippen molar-refractivity contribution in [1.29, 1.82) is 0 Å². The normalized spacial score (nSPS) is 15.4. The van der Waals surface area contributed by atoms with Crippen molar-refractivity contribution in [3.05, 3.63) is 77.8 Å². The van der Waals surface area contributed by atoms with Gasteiger partial charge in [0.25, 0.3) is 5.91 Å². The Kier molecular flexibility index (Phi) is 3.84. The van der Waals surface area contributed by atoms with E-state index in [1.807, 2.05) is 30.3 Å². The molecule has 0 aliphatic heterocycles.